The fourth-order valence-electron chi connectivity index (χ4n) is 3.08. The first kappa shape index (κ1) is 18.0. The molecule has 9 heteroatoms. The molecular weight excluding hydrogens is 364 g/mol. The molecule has 0 saturated carbocycles. The van der Waals surface area contributed by atoms with Gasteiger partial charge < -0.3 is 14.1 Å². The Morgan fingerprint density at radius 2 is 1.89 bits per heavy atom. The third-order valence-corrected chi connectivity index (χ3v) is 5.33. The van der Waals surface area contributed by atoms with Gasteiger partial charge in [0.1, 0.15) is 0 Å². The highest BCUT2D eigenvalue weighted by atomic mass is 32.2. The van der Waals surface area contributed by atoms with Gasteiger partial charge in [-0.2, -0.15) is 0 Å². The van der Waals surface area contributed by atoms with Crippen LogP contribution in [-0.2, 0) is 16.9 Å². The number of aryl methyl sites for hydroxylation is 2. The largest absolute Gasteiger partial charge is 0.425 e. The summed E-state index contributed by atoms with van der Waals surface area (Å²) >= 11 is 1.55. The third-order valence-electron chi connectivity index (χ3n) is 4.42. The van der Waals surface area contributed by atoms with Crippen LogP contribution in [-0.4, -0.2) is 51.3 Å². The van der Waals surface area contributed by atoms with Gasteiger partial charge in [-0.3, -0.25) is 4.57 Å². The Bertz CT molecular complexity index is 903. The van der Waals surface area contributed by atoms with Crippen molar-refractivity contribution >= 4 is 17.7 Å². The first-order valence-electron chi connectivity index (χ1n) is 9.04. The molecule has 8 nitrogen and oxygen atoms in total. The van der Waals surface area contributed by atoms with Crippen LogP contribution >= 0.6 is 11.8 Å². The van der Waals surface area contributed by atoms with Gasteiger partial charge in [0, 0.05) is 20.0 Å². The van der Waals surface area contributed by atoms with Crippen molar-refractivity contribution in [3.05, 3.63) is 41.6 Å². The van der Waals surface area contributed by atoms with Gasteiger partial charge in [-0.05, 0) is 18.1 Å². The first-order chi connectivity index (χ1) is 13.3. The minimum atomic E-state index is 0.552. The van der Waals surface area contributed by atoms with Crippen LogP contribution in [0.25, 0.3) is 5.69 Å². The highest BCUT2D eigenvalue weighted by Gasteiger charge is 2.23. The van der Waals surface area contributed by atoms with E-state index >= 15 is 0 Å². The molecule has 27 heavy (non-hydrogen) atoms. The second-order valence-electron chi connectivity index (χ2n) is 6.20. The van der Waals surface area contributed by atoms with Gasteiger partial charge in [0.15, 0.2) is 5.16 Å². The van der Waals surface area contributed by atoms with Crippen LogP contribution in [0.15, 0.2) is 33.8 Å². The number of hydrogen-bond acceptors (Lipinski definition) is 8. The van der Waals surface area contributed by atoms with Gasteiger partial charge in [0.25, 0.3) is 0 Å². The van der Waals surface area contributed by atoms with Crippen molar-refractivity contribution in [1.29, 1.82) is 0 Å². The number of hydrogen-bond donors (Lipinski definition) is 0. The molecule has 0 radical (unpaired) electrons. The van der Waals surface area contributed by atoms with Crippen molar-refractivity contribution in [2.45, 2.75) is 31.2 Å². The van der Waals surface area contributed by atoms with Gasteiger partial charge in [-0.15, -0.1) is 20.4 Å². The van der Waals surface area contributed by atoms with Crippen molar-refractivity contribution < 1.29 is 9.15 Å². The lowest BCUT2D eigenvalue weighted by Crippen LogP contribution is -2.38. The van der Waals surface area contributed by atoms with Gasteiger partial charge in [-0.25, -0.2) is 0 Å². The Balaban J connectivity index is 1.70. The summed E-state index contributed by atoms with van der Waals surface area (Å²) in [6.45, 7) is 6.96. The molecule has 0 spiro atoms. The van der Waals surface area contributed by atoms with E-state index in [4.69, 9.17) is 9.15 Å². The van der Waals surface area contributed by atoms with Gasteiger partial charge in [0.05, 0.1) is 24.7 Å². The molecule has 1 aromatic carbocycles. The number of morpholine rings is 1. The summed E-state index contributed by atoms with van der Waals surface area (Å²) in [7, 11) is 0. The second-order valence-corrected chi connectivity index (χ2v) is 7.15. The van der Waals surface area contributed by atoms with E-state index in [0.29, 0.717) is 30.7 Å². The number of para-hydroxylation sites is 1. The highest BCUT2D eigenvalue weighted by Crippen LogP contribution is 2.30. The Hall–Kier alpha value is -2.39. The van der Waals surface area contributed by atoms with E-state index in [2.05, 4.69) is 55.0 Å². The van der Waals surface area contributed by atoms with E-state index in [9.17, 15) is 0 Å². The zero-order valence-corrected chi connectivity index (χ0v) is 16.3. The minimum Gasteiger partial charge on any atom is -0.425 e. The van der Waals surface area contributed by atoms with Crippen LogP contribution in [0.2, 0.25) is 0 Å². The van der Waals surface area contributed by atoms with Crippen LogP contribution in [0.3, 0.4) is 0 Å². The maximum Gasteiger partial charge on any atom is 0.232 e. The van der Waals surface area contributed by atoms with Crippen molar-refractivity contribution in [2.24, 2.45) is 0 Å². The summed E-state index contributed by atoms with van der Waals surface area (Å²) in [6.07, 6.45) is 0.934. The van der Waals surface area contributed by atoms with Crippen molar-refractivity contribution in [2.75, 3.05) is 31.2 Å². The molecule has 0 amide bonds. The van der Waals surface area contributed by atoms with E-state index in [1.807, 2.05) is 6.07 Å². The topological polar surface area (TPSA) is 82.1 Å². The van der Waals surface area contributed by atoms with E-state index in [-0.39, 0.29) is 0 Å². The summed E-state index contributed by atoms with van der Waals surface area (Å²) < 4.78 is 13.1. The quantitative estimate of drug-likeness (QED) is 0.598. The fraction of sp³-hybridized carbons (Fsp3) is 0.444. The summed E-state index contributed by atoms with van der Waals surface area (Å²) in [6, 6.07) is 8.38. The zero-order chi connectivity index (χ0) is 18.6. The normalized spacial score (nSPS) is 14.7. The molecule has 0 unspecified atom stereocenters. The Labute approximate surface area is 161 Å². The molecule has 0 aliphatic carbocycles. The molecule has 3 heterocycles. The monoisotopic (exact) mass is 386 g/mol. The van der Waals surface area contributed by atoms with E-state index < -0.39 is 0 Å². The predicted molar refractivity (Wildman–Crippen MR) is 102 cm³/mol. The van der Waals surface area contributed by atoms with Gasteiger partial charge in [-0.1, -0.05) is 36.9 Å². The number of aromatic nitrogens is 5. The standard InChI is InChI=1S/C18H22N6O2S/c1-3-14-6-4-5-7-15(14)24-17(23-8-10-25-11-9-23)21-22-18(24)27-12-16-20-19-13(2)26-16/h4-7H,3,8-12H2,1-2H3. The summed E-state index contributed by atoms with van der Waals surface area (Å²) in [5.74, 6) is 2.56. The molecule has 1 aliphatic rings. The van der Waals surface area contributed by atoms with E-state index in [1.165, 1.54) is 5.56 Å². The molecule has 1 aliphatic heterocycles. The number of anilines is 1. The van der Waals surface area contributed by atoms with E-state index in [1.54, 1.807) is 18.7 Å². The number of thioether (sulfide) groups is 1. The van der Waals surface area contributed by atoms with E-state index in [0.717, 1.165) is 36.3 Å². The minimum absolute atomic E-state index is 0.552. The second kappa shape index (κ2) is 8.10. The van der Waals surface area contributed by atoms with Crippen LogP contribution < -0.4 is 4.90 Å². The van der Waals surface area contributed by atoms with Crippen molar-refractivity contribution in [3.63, 3.8) is 0 Å². The maximum absolute atomic E-state index is 5.49. The van der Waals surface area contributed by atoms with Crippen LogP contribution in [0.5, 0.6) is 0 Å². The average molecular weight is 386 g/mol. The average Bonchev–Trinajstić information content (AvgIpc) is 3.33. The molecule has 0 atom stereocenters. The van der Waals surface area contributed by atoms with Gasteiger partial charge >= 0.3 is 0 Å². The Morgan fingerprint density at radius 3 is 2.63 bits per heavy atom. The van der Waals surface area contributed by atoms with Gasteiger partial charge in [0.2, 0.25) is 17.7 Å². The highest BCUT2D eigenvalue weighted by molar-refractivity contribution is 7.98. The molecular formula is C18H22N6O2S. The SMILES string of the molecule is CCc1ccccc1-n1c(SCc2nnc(C)o2)nnc1N1CCOCC1. The molecule has 1 saturated heterocycles. The molecule has 3 aromatic rings. The van der Waals surface area contributed by atoms with Crippen molar-refractivity contribution in [1.82, 2.24) is 25.0 Å². The lowest BCUT2D eigenvalue weighted by atomic mass is 10.1. The summed E-state index contributed by atoms with van der Waals surface area (Å²) in [5, 5.41) is 17.7. The smallest absolute Gasteiger partial charge is 0.232 e. The van der Waals surface area contributed by atoms with Crippen LogP contribution in [0.4, 0.5) is 5.95 Å². The van der Waals surface area contributed by atoms with Crippen LogP contribution in [0.1, 0.15) is 24.3 Å². The lowest BCUT2D eigenvalue weighted by Gasteiger charge is -2.28. The Kier molecular flexibility index (Phi) is 5.40. The zero-order valence-electron chi connectivity index (χ0n) is 15.5. The summed E-state index contributed by atoms with van der Waals surface area (Å²) in [5.41, 5.74) is 2.36. The molecule has 4 rings (SSSR count). The predicted octanol–water partition coefficient (Wildman–Crippen LogP) is 2.65. The lowest BCUT2D eigenvalue weighted by molar-refractivity contribution is 0.122. The fourth-order valence-corrected chi connectivity index (χ4v) is 3.86. The molecule has 1 fully saturated rings. The maximum atomic E-state index is 5.49. The summed E-state index contributed by atoms with van der Waals surface area (Å²) in [4.78, 5) is 2.23. The molecule has 2 aromatic heterocycles. The third kappa shape index (κ3) is 3.84. The number of benzene rings is 1. The number of rotatable bonds is 6. The van der Waals surface area contributed by atoms with Crippen LogP contribution in [0, 0.1) is 6.92 Å². The molecule has 0 N–H and O–H groups in total. The van der Waals surface area contributed by atoms with Crippen molar-refractivity contribution in [3.8, 4) is 5.69 Å². The number of ether oxygens (including phenoxy) is 1. The Morgan fingerprint density at radius 1 is 1.07 bits per heavy atom. The molecule has 142 valence electrons. The molecule has 0 bridgehead atoms. The first-order valence-corrected chi connectivity index (χ1v) is 10.0. The number of nitrogens with zero attached hydrogens (tertiary/aromatic N) is 6.